The Bertz CT molecular complexity index is 907. The van der Waals surface area contributed by atoms with Gasteiger partial charge in [-0.15, -0.1) is 0 Å². The summed E-state index contributed by atoms with van der Waals surface area (Å²) in [5.41, 5.74) is 0.857. The average molecular weight is 448 g/mol. The normalized spacial score (nSPS) is 12.9. The van der Waals surface area contributed by atoms with Gasteiger partial charge in [0.05, 0.1) is 32.3 Å². The molecule has 162 valence electrons. The number of hydrogen-bond acceptors (Lipinski definition) is 9. The molecular weight excluding hydrogens is 423 g/mol. The van der Waals surface area contributed by atoms with E-state index in [1.165, 1.54) is 26.0 Å². The number of sulfone groups is 1. The molecule has 0 aliphatic rings. The zero-order valence-corrected chi connectivity index (χ0v) is 18.7. The molecule has 0 fully saturated rings. The maximum absolute atomic E-state index is 13.3. The Balaban J connectivity index is 3.97. The Hall–Kier alpha value is -2.00. The number of carbonyl (C=O) groups excluding carboxylic acids is 2. The van der Waals surface area contributed by atoms with Crippen molar-refractivity contribution in [3.8, 4) is 0 Å². The fourth-order valence-corrected chi connectivity index (χ4v) is 6.11. The lowest BCUT2D eigenvalue weighted by molar-refractivity contribution is -0.138. The molecule has 0 amide bonds. The van der Waals surface area contributed by atoms with Crippen LogP contribution in [0, 0.1) is 0 Å². The van der Waals surface area contributed by atoms with E-state index in [4.69, 9.17) is 9.05 Å². The van der Waals surface area contributed by atoms with Crippen molar-refractivity contribution in [3.63, 3.8) is 0 Å². The quantitative estimate of drug-likeness (QED) is 0.302. The van der Waals surface area contributed by atoms with Crippen LogP contribution >= 0.6 is 7.60 Å². The summed E-state index contributed by atoms with van der Waals surface area (Å²) in [7, 11) is -7.30. The lowest BCUT2D eigenvalue weighted by atomic mass is 10.2. The molecule has 11 heteroatoms. The smallest absolute Gasteiger partial charge is 0.370 e. The molecule has 1 rings (SSSR count). The highest BCUT2D eigenvalue weighted by Crippen LogP contribution is 2.58. The second-order valence-electron chi connectivity index (χ2n) is 5.49. The van der Waals surface area contributed by atoms with Crippen LogP contribution in [0.4, 0.5) is 0 Å². The Morgan fingerprint density at radius 1 is 0.897 bits per heavy atom. The molecule has 0 unspecified atom stereocenters. The number of methoxy groups -OCH3 is 2. The van der Waals surface area contributed by atoms with Gasteiger partial charge in [-0.1, -0.05) is 19.1 Å². The highest BCUT2D eigenvalue weighted by atomic mass is 32.2. The van der Waals surface area contributed by atoms with Gasteiger partial charge in [0.2, 0.25) is 9.84 Å². The molecule has 0 saturated heterocycles. The van der Waals surface area contributed by atoms with Gasteiger partial charge >= 0.3 is 19.5 Å². The van der Waals surface area contributed by atoms with E-state index in [2.05, 4.69) is 9.47 Å². The summed E-state index contributed by atoms with van der Waals surface area (Å²) in [5, 5.41) is -1.03. The molecule has 29 heavy (non-hydrogen) atoms. The Morgan fingerprint density at radius 3 is 1.76 bits per heavy atom. The molecule has 9 nitrogen and oxygen atoms in total. The second-order valence-corrected chi connectivity index (χ2v) is 9.34. The maximum atomic E-state index is 13.3. The molecule has 0 N–H and O–H groups in total. The zero-order chi connectivity index (χ0) is 22.2. The van der Waals surface area contributed by atoms with Crippen LogP contribution in [-0.4, -0.2) is 47.8 Å². The van der Waals surface area contributed by atoms with Crippen molar-refractivity contribution in [1.29, 1.82) is 0 Å². The van der Waals surface area contributed by atoms with Crippen LogP contribution in [0.5, 0.6) is 0 Å². The second kappa shape index (κ2) is 10.7. The molecule has 0 aromatic heterocycles. The molecule has 0 spiro atoms. The van der Waals surface area contributed by atoms with Crippen molar-refractivity contribution in [2.75, 3.05) is 27.4 Å². The first-order valence-corrected chi connectivity index (χ1v) is 11.8. The fourth-order valence-electron chi connectivity index (χ4n) is 2.38. The number of hydrogen-bond donors (Lipinski definition) is 0. The number of aryl methyl sites for hydroxylation is 1. The molecule has 0 atom stereocenters. The molecule has 0 bridgehead atoms. The van der Waals surface area contributed by atoms with Crippen LogP contribution in [0.2, 0.25) is 0 Å². The Kier molecular flexibility index (Phi) is 9.22. The van der Waals surface area contributed by atoms with E-state index < -0.39 is 39.6 Å². The third-order valence-electron chi connectivity index (χ3n) is 3.75. The topological polar surface area (TPSA) is 122 Å². The summed E-state index contributed by atoms with van der Waals surface area (Å²) in [6.07, 6.45) is 0.664. The summed E-state index contributed by atoms with van der Waals surface area (Å²) in [6, 6.07) is 5.67. The van der Waals surface area contributed by atoms with Crippen molar-refractivity contribution in [2.24, 2.45) is 0 Å². The predicted molar refractivity (Wildman–Crippen MR) is 105 cm³/mol. The van der Waals surface area contributed by atoms with Crippen LogP contribution in [0.1, 0.15) is 26.3 Å². The van der Waals surface area contributed by atoms with Crippen LogP contribution in [0.3, 0.4) is 0 Å². The first-order chi connectivity index (χ1) is 13.6. The van der Waals surface area contributed by atoms with Crippen LogP contribution in [-0.2, 0) is 48.9 Å². The van der Waals surface area contributed by atoms with Crippen molar-refractivity contribution in [1.82, 2.24) is 0 Å². The van der Waals surface area contributed by atoms with Gasteiger partial charge in [0.15, 0.2) is 10.2 Å². The minimum atomic E-state index is -4.64. The standard InChI is InChI=1S/C18H25O9PS/c1-6-13-9-11-14(12-10-13)29(22,23)16(18(20)25-5)15(17(19)24-4)28(21,26-7-2)27-8-3/h9-12H,6-8H2,1-5H3/b16-15+. The van der Waals surface area contributed by atoms with Gasteiger partial charge in [0.25, 0.3) is 0 Å². The minimum Gasteiger partial charge on any atom is -0.465 e. The molecule has 1 aromatic carbocycles. The first-order valence-electron chi connectivity index (χ1n) is 8.77. The van der Waals surface area contributed by atoms with Crippen molar-refractivity contribution < 1.29 is 41.1 Å². The zero-order valence-electron chi connectivity index (χ0n) is 17.0. The summed E-state index contributed by atoms with van der Waals surface area (Å²) in [5.74, 6) is -2.74. The van der Waals surface area contributed by atoms with E-state index in [0.29, 0.717) is 6.42 Å². The number of ether oxygens (including phenoxy) is 2. The monoisotopic (exact) mass is 448 g/mol. The molecule has 0 heterocycles. The largest absolute Gasteiger partial charge is 0.465 e. The minimum absolute atomic E-state index is 0.183. The highest BCUT2D eigenvalue weighted by molar-refractivity contribution is 7.96. The van der Waals surface area contributed by atoms with E-state index in [1.54, 1.807) is 12.1 Å². The molecule has 0 saturated carbocycles. The Morgan fingerprint density at radius 2 is 1.38 bits per heavy atom. The predicted octanol–water partition coefficient (Wildman–Crippen LogP) is 2.85. The number of esters is 2. The van der Waals surface area contributed by atoms with Crippen molar-refractivity contribution in [3.05, 3.63) is 40.0 Å². The SMILES string of the molecule is CCOP(=O)(OCC)/C(C(=O)OC)=C(\C(=O)OC)S(=O)(=O)c1ccc(CC)cc1. The first kappa shape index (κ1) is 25.0. The van der Waals surface area contributed by atoms with Crippen LogP contribution in [0.25, 0.3) is 0 Å². The number of benzene rings is 1. The van der Waals surface area contributed by atoms with Gasteiger partial charge in [-0.05, 0) is 38.0 Å². The number of carbonyl (C=O) groups is 2. The molecule has 0 radical (unpaired) electrons. The summed E-state index contributed by atoms with van der Waals surface area (Å²) in [6.45, 7) is 4.46. The van der Waals surface area contributed by atoms with E-state index in [9.17, 15) is 22.6 Å². The lowest BCUT2D eigenvalue weighted by Crippen LogP contribution is -2.23. The van der Waals surface area contributed by atoms with E-state index in [1.807, 2.05) is 6.92 Å². The van der Waals surface area contributed by atoms with Gasteiger partial charge in [0, 0.05) is 0 Å². The van der Waals surface area contributed by atoms with Gasteiger partial charge in [-0.2, -0.15) is 0 Å². The fraction of sp³-hybridized carbons (Fsp3) is 0.444. The van der Waals surface area contributed by atoms with Gasteiger partial charge in [0.1, 0.15) is 0 Å². The van der Waals surface area contributed by atoms with Crippen LogP contribution in [0.15, 0.2) is 39.4 Å². The van der Waals surface area contributed by atoms with Crippen molar-refractivity contribution >= 4 is 29.4 Å². The highest BCUT2D eigenvalue weighted by Gasteiger charge is 2.46. The summed E-state index contributed by atoms with van der Waals surface area (Å²) in [4.78, 5) is 23.5. The molecular formula is C18H25O9PS. The third kappa shape index (κ3) is 5.54. The number of rotatable bonds is 10. The van der Waals surface area contributed by atoms with Crippen molar-refractivity contribution in [2.45, 2.75) is 32.1 Å². The van der Waals surface area contributed by atoms with E-state index in [0.717, 1.165) is 19.8 Å². The van der Waals surface area contributed by atoms with Crippen LogP contribution < -0.4 is 0 Å². The van der Waals surface area contributed by atoms with E-state index >= 15 is 0 Å². The molecule has 0 aliphatic heterocycles. The third-order valence-corrected chi connectivity index (χ3v) is 7.85. The maximum Gasteiger partial charge on any atom is 0.370 e. The average Bonchev–Trinajstić information content (AvgIpc) is 2.70. The summed E-state index contributed by atoms with van der Waals surface area (Å²) < 4.78 is 59.2. The molecule has 0 aliphatic carbocycles. The van der Waals surface area contributed by atoms with Gasteiger partial charge < -0.3 is 18.5 Å². The van der Waals surface area contributed by atoms with Gasteiger partial charge in [-0.25, -0.2) is 18.0 Å². The lowest BCUT2D eigenvalue weighted by Gasteiger charge is -2.21. The summed E-state index contributed by atoms with van der Waals surface area (Å²) >= 11 is 0. The van der Waals surface area contributed by atoms with E-state index in [-0.39, 0.29) is 18.1 Å². The Labute approximate surface area is 170 Å². The van der Waals surface area contributed by atoms with Gasteiger partial charge in [-0.3, -0.25) is 4.57 Å². The molecule has 1 aromatic rings.